The van der Waals surface area contributed by atoms with Crippen LogP contribution in [0.15, 0.2) is 60.8 Å². The smallest absolute Gasteiger partial charge is 0.227 e. The van der Waals surface area contributed by atoms with Gasteiger partial charge in [-0.1, -0.05) is 18.2 Å². The van der Waals surface area contributed by atoms with Crippen LogP contribution in [0.1, 0.15) is 5.56 Å². The molecule has 0 aliphatic carbocycles. The fourth-order valence-electron chi connectivity index (χ4n) is 3.61. The maximum atomic E-state index is 9.12. The van der Waals surface area contributed by atoms with E-state index in [-0.39, 0.29) is 12.1 Å². The Morgan fingerprint density at radius 1 is 1.03 bits per heavy atom. The second kappa shape index (κ2) is 10.5. The van der Waals surface area contributed by atoms with Gasteiger partial charge in [0.2, 0.25) is 5.95 Å². The zero-order valence-corrected chi connectivity index (χ0v) is 17.2. The number of benzene rings is 2. The van der Waals surface area contributed by atoms with E-state index in [9.17, 15) is 0 Å². The molecule has 3 aromatic rings. The van der Waals surface area contributed by atoms with Crippen LogP contribution >= 0.6 is 0 Å². The van der Waals surface area contributed by atoms with E-state index in [0.717, 1.165) is 55.4 Å². The Morgan fingerprint density at radius 3 is 2.61 bits per heavy atom. The standard InChI is InChI=1S/C23H24N6O.H2O/c24-17-18-3-1-4-19(15-18)22-7-8-25-23(27-22)26-20-5-2-6-21(16-20)29-11-9-28(10-12-29)13-14-30;/h1-8,15-16,30H,9-14H2,(H,25,26,27);1H2. The van der Waals surface area contributed by atoms with Crippen molar-refractivity contribution in [3.05, 3.63) is 66.4 Å². The lowest BCUT2D eigenvalue weighted by Crippen LogP contribution is -2.47. The lowest BCUT2D eigenvalue weighted by molar-refractivity contribution is 0.189. The predicted octanol–water partition coefficient (Wildman–Crippen LogP) is 2.05. The number of piperazine rings is 1. The first-order valence-electron chi connectivity index (χ1n) is 10.0. The van der Waals surface area contributed by atoms with Crippen LogP contribution in [0.3, 0.4) is 0 Å². The van der Waals surface area contributed by atoms with Gasteiger partial charge in [-0.05, 0) is 36.4 Å². The molecule has 1 saturated heterocycles. The molecule has 2 heterocycles. The van der Waals surface area contributed by atoms with E-state index in [1.165, 1.54) is 0 Å². The molecule has 160 valence electrons. The summed E-state index contributed by atoms with van der Waals surface area (Å²) < 4.78 is 0. The van der Waals surface area contributed by atoms with E-state index in [2.05, 4.69) is 43.3 Å². The average molecular weight is 419 g/mol. The van der Waals surface area contributed by atoms with Gasteiger partial charge in [0.25, 0.3) is 0 Å². The molecule has 1 fully saturated rings. The number of nitrogens with zero attached hydrogens (tertiary/aromatic N) is 5. The monoisotopic (exact) mass is 418 g/mol. The van der Waals surface area contributed by atoms with Crippen molar-refractivity contribution in [3.8, 4) is 17.3 Å². The topological polar surface area (TPSA) is 120 Å². The van der Waals surface area contributed by atoms with Crippen LogP contribution in [0, 0.1) is 11.3 Å². The normalized spacial score (nSPS) is 13.9. The summed E-state index contributed by atoms with van der Waals surface area (Å²) in [7, 11) is 0. The number of β-amino-alcohol motifs (C(OH)–C–C–N with tert-alkyl or cyclic N) is 1. The van der Waals surface area contributed by atoms with Crippen LogP contribution in [-0.2, 0) is 0 Å². The van der Waals surface area contributed by atoms with Crippen molar-refractivity contribution in [1.82, 2.24) is 14.9 Å². The fraction of sp³-hybridized carbons (Fsp3) is 0.261. The largest absolute Gasteiger partial charge is 0.412 e. The van der Waals surface area contributed by atoms with E-state index in [0.29, 0.717) is 11.5 Å². The van der Waals surface area contributed by atoms with Crippen molar-refractivity contribution in [1.29, 1.82) is 5.26 Å². The molecule has 0 amide bonds. The van der Waals surface area contributed by atoms with Gasteiger partial charge in [-0.3, -0.25) is 4.90 Å². The summed E-state index contributed by atoms with van der Waals surface area (Å²) in [6.45, 7) is 4.71. The highest BCUT2D eigenvalue weighted by molar-refractivity contribution is 5.65. The molecule has 1 aromatic heterocycles. The molecular weight excluding hydrogens is 392 g/mol. The molecule has 0 saturated carbocycles. The second-order valence-corrected chi connectivity index (χ2v) is 7.19. The molecule has 2 aromatic carbocycles. The third-order valence-electron chi connectivity index (χ3n) is 5.20. The van der Waals surface area contributed by atoms with Crippen molar-refractivity contribution < 1.29 is 10.6 Å². The molecule has 0 radical (unpaired) electrons. The SMILES string of the molecule is N#Cc1cccc(-c2ccnc(Nc3cccc(N4CCN(CCO)CC4)c3)n2)c1.O. The van der Waals surface area contributed by atoms with Crippen molar-refractivity contribution in [3.63, 3.8) is 0 Å². The number of aliphatic hydroxyl groups is 1. The number of hydrogen-bond donors (Lipinski definition) is 2. The molecule has 4 rings (SSSR count). The predicted molar refractivity (Wildman–Crippen MR) is 121 cm³/mol. The Hall–Kier alpha value is -3.51. The highest BCUT2D eigenvalue weighted by Gasteiger charge is 2.17. The molecule has 8 nitrogen and oxygen atoms in total. The minimum atomic E-state index is 0. The van der Waals surface area contributed by atoms with Crippen molar-refractivity contribution in [2.45, 2.75) is 0 Å². The van der Waals surface area contributed by atoms with Crippen molar-refractivity contribution in [2.75, 3.05) is 49.5 Å². The molecule has 31 heavy (non-hydrogen) atoms. The molecular formula is C23H26N6O2. The van der Waals surface area contributed by atoms with Crippen LogP contribution in [-0.4, -0.2) is 64.8 Å². The van der Waals surface area contributed by atoms with Crippen LogP contribution in [0.4, 0.5) is 17.3 Å². The number of rotatable bonds is 6. The summed E-state index contributed by atoms with van der Waals surface area (Å²) in [5.41, 5.74) is 4.33. The molecule has 0 unspecified atom stereocenters. The lowest BCUT2D eigenvalue weighted by Gasteiger charge is -2.35. The third-order valence-corrected chi connectivity index (χ3v) is 5.20. The summed E-state index contributed by atoms with van der Waals surface area (Å²) in [6, 6.07) is 19.6. The molecule has 0 atom stereocenters. The average Bonchev–Trinajstić information content (AvgIpc) is 2.80. The van der Waals surface area contributed by atoms with E-state index < -0.39 is 0 Å². The minimum absolute atomic E-state index is 0. The Balaban J connectivity index is 0.00000272. The maximum Gasteiger partial charge on any atom is 0.227 e. The van der Waals surface area contributed by atoms with Crippen LogP contribution in [0.25, 0.3) is 11.3 Å². The first kappa shape index (κ1) is 22.2. The highest BCUT2D eigenvalue weighted by Crippen LogP contribution is 2.24. The van der Waals surface area contributed by atoms with Gasteiger partial charge < -0.3 is 20.8 Å². The lowest BCUT2D eigenvalue weighted by atomic mass is 10.1. The number of aromatic nitrogens is 2. The van der Waals surface area contributed by atoms with Gasteiger partial charge in [-0.2, -0.15) is 5.26 Å². The fourth-order valence-corrected chi connectivity index (χ4v) is 3.61. The Bertz CT molecular complexity index is 1040. The van der Waals surface area contributed by atoms with Gasteiger partial charge in [0.05, 0.1) is 23.9 Å². The summed E-state index contributed by atoms with van der Waals surface area (Å²) in [5.74, 6) is 0.514. The molecule has 8 heteroatoms. The molecule has 0 bridgehead atoms. The van der Waals surface area contributed by atoms with Gasteiger partial charge in [0.1, 0.15) is 0 Å². The zero-order valence-electron chi connectivity index (χ0n) is 17.2. The van der Waals surface area contributed by atoms with E-state index >= 15 is 0 Å². The molecule has 4 N–H and O–H groups in total. The number of anilines is 3. The maximum absolute atomic E-state index is 9.12. The van der Waals surface area contributed by atoms with Crippen LogP contribution in [0.2, 0.25) is 0 Å². The van der Waals surface area contributed by atoms with Crippen LogP contribution in [0.5, 0.6) is 0 Å². The van der Waals surface area contributed by atoms with Gasteiger partial charge in [0, 0.05) is 55.9 Å². The number of nitrogens with one attached hydrogen (secondary N) is 1. The minimum Gasteiger partial charge on any atom is -0.412 e. The van der Waals surface area contributed by atoms with E-state index in [1.54, 1.807) is 12.3 Å². The summed E-state index contributed by atoms with van der Waals surface area (Å²) in [5, 5.41) is 21.5. The van der Waals surface area contributed by atoms with Gasteiger partial charge in [-0.15, -0.1) is 0 Å². The summed E-state index contributed by atoms with van der Waals surface area (Å²) in [4.78, 5) is 13.6. The first-order chi connectivity index (χ1) is 14.7. The molecule has 1 aliphatic rings. The second-order valence-electron chi connectivity index (χ2n) is 7.19. The zero-order chi connectivity index (χ0) is 20.8. The van der Waals surface area contributed by atoms with E-state index in [1.807, 2.05) is 36.4 Å². The van der Waals surface area contributed by atoms with Crippen molar-refractivity contribution in [2.24, 2.45) is 0 Å². The highest BCUT2D eigenvalue weighted by atomic mass is 16.3. The number of nitriles is 1. The molecule has 0 spiro atoms. The first-order valence-corrected chi connectivity index (χ1v) is 10.0. The van der Waals surface area contributed by atoms with Gasteiger partial charge >= 0.3 is 0 Å². The summed E-state index contributed by atoms with van der Waals surface area (Å²) in [6.07, 6.45) is 1.72. The Kier molecular flexibility index (Phi) is 7.51. The Morgan fingerprint density at radius 2 is 1.84 bits per heavy atom. The van der Waals surface area contributed by atoms with E-state index in [4.69, 9.17) is 10.4 Å². The van der Waals surface area contributed by atoms with Crippen molar-refractivity contribution >= 4 is 17.3 Å². The third kappa shape index (κ3) is 5.55. The summed E-state index contributed by atoms with van der Waals surface area (Å²) >= 11 is 0. The number of hydrogen-bond acceptors (Lipinski definition) is 7. The molecule has 1 aliphatic heterocycles. The number of aliphatic hydroxyl groups excluding tert-OH is 1. The Labute approximate surface area is 181 Å². The quantitative estimate of drug-likeness (QED) is 0.628. The van der Waals surface area contributed by atoms with Gasteiger partial charge in [-0.25, -0.2) is 9.97 Å². The van der Waals surface area contributed by atoms with Gasteiger partial charge in [0.15, 0.2) is 0 Å². The van der Waals surface area contributed by atoms with Crippen LogP contribution < -0.4 is 10.2 Å².